The third-order valence-corrected chi connectivity index (χ3v) is 4.32. The Hall–Kier alpha value is -2.30. The molecule has 1 aliphatic rings. The molecule has 1 aromatic heterocycles. The van der Waals surface area contributed by atoms with Crippen molar-refractivity contribution in [3.63, 3.8) is 0 Å². The normalized spacial score (nSPS) is 15.6. The number of pyridine rings is 1. The maximum atomic E-state index is 12.1. The minimum Gasteiger partial charge on any atom is -0.505 e. The summed E-state index contributed by atoms with van der Waals surface area (Å²) < 4.78 is 6.04. The van der Waals surface area contributed by atoms with Crippen LogP contribution in [0, 0.1) is 0 Å². The number of aromatic nitrogens is 1. The van der Waals surface area contributed by atoms with Gasteiger partial charge in [-0.15, -0.1) is 0 Å². The van der Waals surface area contributed by atoms with Crippen molar-refractivity contribution in [1.29, 1.82) is 0 Å². The molecule has 2 N–H and O–H groups in total. The molecule has 0 unspecified atom stereocenters. The highest BCUT2D eigenvalue weighted by Crippen LogP contribution is 2.31. The van der Waals surface area contributed by atoms with Gasteiger partial charge in [0.1, 0.15) is 5.75 Å². The van der Waals surface area contributed by atoms with E-state index in [4.69, 9.17) is 4.74 Å². The Labute approximate surface area is 142 Å². The highest BCUT2D eigenvalue weighted by Gasteiger charge is 2.18. The molecular weight excluding hydrogens is 304 g/mol. The van der Waals surface area contributed by atoms with Crippen LogP contribution in [0.4, 0.5) is 0 Å². The van der Waals surface area contributed by atoms with Crippen molar-refractivity contribution in [2.75, 3.05) is 0 Å². The third kappa shape index (κ3) is 3.61. The summed E-state index contributed by atoms with van der Waals surface area (Å²) in [5.41, 5.74) is 0.0529. The molecule has 1 heterocycles. The predicted octanol–water partition coefficient (Wildman–Crippen LogP) is 3.79. The summed E-state index contributed by atoms with van der Waals surface area (Å²) in [6, 6.07) is 5.50. The molecule has 128 valence electrons. The minimum atomic E-state index is -0.369. The highest BCUT2D eigenvalue weighted by molar-refractivity contribution is 6.01. The molecule has 0 saturated heterocycles. The smallest absolute Gasteiger partial charge is 0.273 e. The lowest BCUT2D eigenvalue weighted by Gasteiger charge is -2.23. The number of rotatable bonds is 4. The molecule has 0 radical (unpaired) electrons. The molecule has 5 nitrogen and oxygen atoms in total. The van der Waals surface area contributed by atoms with Crippen molar-refractivity contribution in [1.82, 2.24) is 10.3 Å². The highest BCUT2D eigenvalue weighted by atomic mass is 16.5. The van der Waals surface area contributed by atoms with Crippen LogP contribution in [-0.4, -0.2) is 28.1 Å². The standard InChI is InChI=1S/C19H24N2O3/c1-12(2)21-19(23)17-18(22)16-9-8-15(10-13(16)11-20-17)24-14-6-4-3-5-7-14/h8-12,14,22H,3-7H2,1-2H3,(H,21,23). The summed E-state index contributed by atoms with van der Waals surface area (Å²) in [5.74, 6) is 0.330. The Morgan fingerprint density at radius 3 is 2.75 bits per heavy atom. The molecule has 0 aliphatic heterocycles. The summed E-state index contributed by atoms with van der Waals surface area (Å²) in [6.07, 6.45) is 7.79. The van der Waals surface area contributed by atoms with Crippen LogP contribution >= 0.6 is 0 Å². The Bertz CT molecular complexity index is 737. The Balaban J connectivity index is 1.84. The average Bonchev–Trinajstić information content (AvgIpc) is 2.55. The first-order valence-corrected chi connectivity index (χ1v) is 8.64. The monoisotopic (exact) mass is 328 g/mol. The van der Waals surface area contributed by atoms with Crippen LogP contribution < -0.4 is 10.1 Å². The Kier molecular flexibility index (Phi) is 4.88. The topological polar surface area (TPSA) is 71.5 Å². The summed E-state index contributed by atoms with van der Waals surface area (Å²) >= 11 is 0. The summed E-state index contributed by atoms with van der Waals surface area (Å²) in [5, 5.41) is 14.5. The molecule has 2 aromatic rings. The van der Waals surface area contributed by atoms with Crippen LogP contribution in [0.15, 0.2) is 24.4 Å². The number of nitrogens with zero attached hydrogens (tertiary/aromatic N) is 1. The number of fused-ring (bicyclic) bond motifs is 1. The lowest BCUT2D eigenvalue weighted by Crippen LogP contribution is -2.30. The molecule has 24 heavy (non-hydrogen) atoms. The first kappa shape index (κ1) is 16.6. The molecule has 1 saturated carbocycles. The third-order valence-electron chi connectivity index (χ3n) is 4.32. The fourth-order valence-electron chi connectivity index (χ4n) is 3.13. The molecule has 0 spiro atoms. The van der Waals surface area contributed by atoms with Crippen molar-refractivity contribution in [3.8, 4) is 11.5 Å². The van der Waals surface area contributed by atoms with Crippen LogP contribution in [0.1, 0.15) is 56.4 Å². The van der Waals surface area contributed by atoms with Crippen molar-refractivity contribution in [2.45, 2.75) is 58.1 Å². The van der Waals surface area contributed by atoms with E-state index in [1.165, 1.54) is 19.3 Å². The van der Waals surface area contributed by atoms with Gasteiger partial charge in [-0.25, -0.2) is 4.98 Å². The van der Waals surface area contributed by atoms with Gasteiger partial charge in [0.15, 0.2) is 11.4 Å². The maximum Gasteiger partial charge on any atom is 0.273 e. The second-order valence-corrected chi connectivity index (χ2v) is 6.71. The Morgan fingerprint density at radius 2 is 2.04 bits per heavy atom. The number of carbonyl (C=O) groups is 1. The van der Waals surface area contributed by atoms with E-state index in [9.17, 15) is 9.90 Å². The maximum absolute atomic E-state index is 12.1. The second-order valence-electron chi connectivity index (χ2n) is 6.71. The zero-order valence-electron chi connectivity index (χ0n) is 14.2. The van der Waals surface area contributed by atoms with Crippen LogP contribution in [0.25, 0.3) is 10.8 Å². The van der Waals surface area contributed by atoms with Gasteiger partial charge in [-0.2, -0.15) is 0 Å². The van der Waals surface area contributed by atoms with E-state index in [1.54, 1.807) is 12.3 Å². The number of ether oxygens (including phenoxy) is 1. The molecule has 0 atom stereocenters. The SMILES string of the molecule is CC(C)NC(=O)c1ncc2cc(OC3CCCCC3)ccc2c1O. The first-order valence-electron chi connectivity index (χ1n) is 8.64. The number of benzene rings is 1. The zero-order valence-corrected chi connectivity index (χ0v) is 14.2. The molecule has 1 aromatic carbocycles. The van der Waals surface area contributed by atoms with E-state index < -0.39 is 0 Å². The van der Waals surface area contributed by atoms with Gasteiger partial charge in [-0.05, 0) is 57.7 Å². The Morgan fingerprint density at radius 1 is 1.29 bits per heavy atom. The molecule has 1 amide bonds. The van der Waals surface area contributed by atoms with Gasteiger partial charge in [-0.1, -0.05) is 6.42 Å². The fourth-order valence-corrected chi connectivity index (χ4v) is 3.13. The number of amides is 1. The van der Waals surface area contributed by atoms with Crippen molar-refractivity contribution in [3.05, 3.63) is 30.1 Å². The minimum absolute atomic E-state index is 0.0133. The molecule has 3 rings (SSSR count). The van der Waals surface area contributed by atoms with Crippen molar-refractivity contribution in [2.24, 2.45) is 0 Å². The fraction of sp³-hybridized carbons (Fsp3) is 0.474. The number of aromatic hydroxyl groups is 1. The number of hydrogen-bond donors (Lipinski definition) is 2. The molecule has 1 aliphatic carbocycles. The van der Waals surface area contributed by atoms with Gasteiger partial charge in [0.05, 0.1) is 6.10 Å². The number of hydrogen-bond acceptors (Lipinski definition) is 4. The lowest BCUT2D eigenvalue weighted by atomic mass is 9.98. The predicted molar refractivity (Wildman–Crippen MR) is 93.5 cm³/mol. The van der Waals surface area contributed by atoms with Gasteiger partial charge in [0, 0.05) is 23.0 Å². The largest absolute Gasteiger partial charge is 0.505 e. The summed E-state index contributed by atoms with van der Waals surface area (Å²) in [6.45, 7) is 3.73. The van der Waals surface area contributed by atoms with Crippen molar-refractivity contribution < 1.29 is 14.6 Å². The molecular formula is C19H24N2O3. The van der Waals surface area contributed by atoms with E-state index in [0.717, 1.165) is 24.0 Å². The van der Waals surface area contributed by atoms with E-state index in [2.05, 4.69) is 10.3 Å². The van der Waals surface area contributed by atoms with E-state index in [0.29, 0.717) is 5.39 Å². The van der Waals surface area contributed by atoms with Gasteiger partial charge >= 0.3 is 0 Å². The van der Waals surface area contributed by atoms with E-state index >= 15 is 0 Å². The average molecular weight is 328 g/mol. The first-order chi connectivity index (χ1) is 11.5. The second kappa shape index (κ2) is 7.07. The van der Waals surface area contributed by atoms with Gasteiger partial charge in [0.25, 0.3) is 5.91 Å². The summed E-state index contributed by atoms with van der Waals surface area (Å²) in [4.78, 5) is 16.2. The van der Waals surface area contributed by atoms with Gasteiger partial charge < -0.3 is 15.2 Å². The molecule has 1 fully saturated rings. The zero-order chi connectivity index (χ0) is 17.1. The lowest BCUT2D eigenvalue weighted by molar-refractivity contribution is 0.0935. The van der Waals surface area contributed by atoms with E-state index in [1.807, 2.05) is 26.0 Å². The van der Waals surface area contributed by atoms with Crippen LogP contribution in [0.3, 0.4) is 0 Å². The van der Waals surface area contributed by atoms with E-state index in [-0.39, 0.29) is 29.5 Å². The van der Waals surface area contributed by atoms with Gasteiger partial charge in [0.2, 0.25) is 0 Å². The number of nitrogens with one attached hydrogen (secondary N) is 1. The van der Waals surface area contributed by atoms with Crippen LogP contribution in [0.2, 0.25) is 0 Å². The van der Waals surface area contributed by atoms with Crippen molar-refractivity contribution >= 4 is 16.7 Å². The van der Waals surface area contributed by atoms with Gasteiger partial charge in [-0.3, -0.25) is 4.79 Å². The molecule has 0 bridgehead atoms. The van der Waals surface area contributed by atoms with Crippen LogP contribution in [0.5, 0.6) is 11.5 Å². The quantitative estimate of drug-likeness (QED) is 0.896. The molecule has 5 heteroatoms. The number of carbonyl (C=O) groups excluding carboxylic acids is 1. The van der Waals surface area contributed by atoms with Crippen LogP contribution in [-0.2, 0) is 0 Å². The summed E-state index contributed by atoms with van der Waals surface area (Å²) in [7, 11) is 0.